The highest BCUT2D eigenvalue weighted by atomic mass is 16.2. The number of carbonyl (C=O) groups is 2. The van der Waals surface area contributed by atoms with Crippen LogP contribution in [0.1, 0.15) is 28.8 Å². The summed E-state index contributed by atoms with van der Waals surface area (Å²) in [7, 11) is 3.89. The van der Waals surface area contributed by atoms with E-state index in [0.717, 1.165) is 49.2 Å². The van der Waals surface area contributed by atoms with Gasteiger partial charge in [0, 0.05) is 25.7 Å². The van der Waals surface area contributed by atoms with Crippen molar-refractivity contribution in [3.8, 4) is 11.1 Å². The number of rotatable bonds is 7. The van der Waals surface area contributed by atoms with Gasteiger partial charge < -0.3 is 20.9 Å². The summed E-state index contributed by atoms with van der Waals surface area (Å²) in [5, 5.41) is 3.08. The first-order valence-electron chi connectivity index (χ1n) is 10.6. The van der Waals surface area contributed by atoms with Crippen molar-refractivity contribution in [1.29, 1.82) is 0 Å². The quantitative estimate of drug-likeness (QED) is 0.737. The van der Waals surface area contributed by atoms with Crippen LogP contribution in [0.3, 0.4) is 0 Å². The first-order valence-corrected chi connectivity index (χ1v) is 10.6. The molecule has 0 aromatic heterocycles. The Morgan fingerprint density at radius 2 is 1.80 bits per heavy atom. The van der Waals surface area contributed by atoms with E-state index in [1.165, 1.54) is 0 Å². The van der Waals surface area contributed by atoms with Crippen LogP contribution in [0.2, 0.25) is 0 Å². The van der Waals surface area contributed by atoms with Gasteiger partial charge >= 0.3 is 0 Å². The second-order valence-electron chi connectivity index (χ2n) is 8.19. The maximum absolute atomic E-state index is 12.5. The van der Waals surface area contributed by atoms with Crippen LogP contribution in [-0.2, 0) is 11.3 Å². The summed E-state index contributed by atoms with van der Waals surface area (Å²) < 4.78 is 0. The molecule has 1 aliphatic heterocycles. The number of nitrogens with two attached hydrogens (primary N) is 1. The molecule has 1 aliphatic rings. The van der Waals surface area contributed by atoms with E-state index in [0.29, 0.717) is 18.0 Å². The summed E-state index contributed by atoms with van der Waals surface area (Å²) in [4.78, 5) is 28.2. The van der Waals surface area contributed by atoms with Crippen LogP contribution in [-0.4, -0.2) is 61.9 Å². The standard InChI is InChI=1S/C24H32N4O2/c1-27-12-10-18(11-13-27)16-26-24(30)21-8-6-20(7-9-21)22-5-3-4-19(14-22)17-28(2)23(29)15-25/h3-9,14,18H,10-13,15-17,25H2,1-2H3,(H,26,30). The molecule has 2 aromatic carbocycles. The van der Waals surface area contributed by atoms with Gasteiger partial charge in [0.25, 0.3) is 5.91 Å². The largest absolute Gasteiger partial charge is 0.352 e. The Balaban J connectivity index is 1.59. The van der Waals surface area contributed by atoms with Crippen LogP contribution in [0.15, 0.2) is 48.5 Å². The highest BCUT2D eigenvalue weighted by molar-refractivity contribution is 5.94. The number of nitrogens with zero attached hydrogens (tertiary/aromatic N) is 2. The van der Waals surface area contributed by atoms with E-state index in [1.807, 2.05) is 42.5 Å². The van der Waals surface area contributed by atoms with Gasteiger partial charge in [0.1, 0.15) is 0 Å². The molecule has 2 amide bonds. The predicted octanol–water partition coefficient (Wildman–Crippen LogP) is 2.34. The molecule has 2 aromatic rings. The summed E-state index contributed by atoms with van der Waals surface area (Å²) in [6, 6.07) is 15.8. The lowest BCUT2D eigenvalue weighted by Gasteiger charge is -2.28. The van der Waals surface area contributed by atoms with Crippen molar-refractivity contribution in [2.75, 3.05) is 40.3 Å². The number of hydrogen-bond acceptors (Lipinski definition) is 4. The van der Waals surface area contributed by atoms with Crippen LogP contribution in [0.5, 0.6) is 0 Å². The highest BCUT2D eigenvalue weighted by Crippen LogP contribution is 2.22. The monoisotopic (exact) mass is 408 g/mol. The Morgan fingerprint density at radius 3 is 2.47 bits per heavy atom. The fourth-order valence-electron chi connectivity index (χ4n) is 3.79. The Bertz CT molecular complexity index is 858. The minimum Gasteiger partial charge on any atom is -0.352 e. The molecule has 1 saturated heterocycles. The minimum absolute atomic E-state index is 0.0114. The maximum Gasteiger partial charge on any atom is 0.251 e. The first kappa shape index (κ1) is 22.0. The molecule has 6 heteroatoms. The molecule has 160 valence electrons. The molecular formula is C24H32N4O2. The average Bonchev–Trinajstić information content (AvgIpc) is 2.78. The number of likely N-dealkylation sites (N-methyl/N-ethyl adjacent to an activating group) is 1. The van der Waals surface area contributed by atoms with Crippen molar-refractivity contribution in [3.63, 3.8) is 0 Å². The summed E-state index contributed by atoms with van der Waals surface area (Å²) >= 11 is 0. The number of likely N-dealkylation sites (tertiary alicyclic amines) is 1. The second kappa shape index (κ2) is 10.4. The van der Waals surface area contributed by atoms with Gasteiger partial charge in [-0.2, -0.15) is 0 Å². The third kappa shape index (κ3) is 5.90. The lowest BCUT2D eigenvalue weighted by atomic mass is 9.97. The Morgan fingerprint density at radius 1 is 1.10 bits per heavy atom. The Labute approximate surface area is 179 Å². The lowest BCUT2D eigenvalue weighted by molar-refractivity contribution is -0.128. The van der Waals surface area contributed by atoms with E-state index in [1.54, 1.807) is 11.9 Å². The van der Waals surface area contributed by atoms with E-state index >= 15 is 0 Å². The molecule has 0 radical (unpaired) electrons. The van der Waals surface area contributed by atoms with Gasteiger partial charge in [-0.25, -0.2) is 0 Å². The van der Waals surface area contributed by atoms with Crippen LogP contribution >= 0.6 is 0 Å². The highest BCUT2D eigenvalue weighted by Gasteiger charge is 2.17. The molecule has 30 heavy (non-hydrogen) atoms. The fraction of sp³-hybridized carbons (Fsp3) is 0.417. The average molecular weight is 409 g/mol. The molecular weight excluding hydrogens is 376 g/mol. The molecule has 0 saturated carbocycles. The number of hydrogen-bond donors (Lipinski definition) is 2. The fourth-order valence-corrected chi connectivity index (χ4v) is 3.79. The number of piperidine rings is 1. The first-order chi connectivity index (χ1) is 14.5. The zero-order chi connectivity index (χ0) is 21.5. The zero-order valence-electron chi connectivity index (χ0n) is 17.9. The van der Waals surface area contributed by atoms with Gasteiger partial charge in [-0.05, 0) is 73.8 Å². The normalized spacial score (nSPS) is 15.0. The van der Waals surface area contributed by atoms with Crippen molar-refractivity contribution in [3.05, 3.63) is 59.7 Å². The summed E-state index contributed by atoms with van der Waals surface area (Å²) in [6.07, 6.45) is 2.27. The molecule has 1 heterocycles. The van der Waals surface area contributed by atoms with Gasteiger partial charge in [0.05, 0.1) is 6.54 Å². The van der Waals surface area contributed by atoms with E-state index in [-0.39, 0.29) is 18.4 Å². The van der Waals surface area contributed by atoms with Gasteiger partial charge in [0.2, 0.25) is 5.91 Å². The van der Waals surface area contributed by atoms with Gasteiger partial charge in [0.15, 0.2) is 0 Å². The minimum atomic E-state index is -0.0870. The Hall–Kier alpha value is -2.70. The predicted molar refractivity (Wildman–Crippen MR) is 120 cm³/mol. The van der Waals surface area contributed by atoms with Crippen molar-refractivity contribution >= 4 is 11.8 Å². The van der Waals surface area contributed by atoms with E-state index in [2.05, 4.69) is 23.3 Å². The number of carbonyl (C=O) groups excluding carboxylic acids is 2. The smallest absolute Gasteiger partial charge is 0.251 e. The summed E-state index contributed by atoms with van der Waals surface area (Å²) in [6.45, 7) is 3.47. The second-order valence-corrected chi connectivity index (χ2v) is 8.19. The molecule has 3 rings (SSSR count). The zero-order valence-corrected chi connectivity index (χ0v) is 17.9. The van der Waals surface area contributed by atoms with Gasteiger partial charge in [-0.15, -0.1) is 0 Å². The SMILES string of the molecule is CN1CCC(CNC(=O)c2ccc(-c3cccc(CN(C)C(=O)CN)c3)cc2)CC1. The van der Waals surface area contributed by atoms with Crippen LogP contribution in [0.4, 0.5) is 0 Å². The summed E-state index contributed by atoms with van der Waals surface area (Å²) in [5.74, 6) is 0.462. The molecule has 0 spiro atoms. The van der Waals surface area contributed by atoms with Gasteiger partial charge in [-0.1, -0.05) is 30.3 Å². The lowest BCUT2D eigenvalue weighted by Crippen LogP contribution is -2.36. The maximum atomic E-state index is 12.5. The molecule has 1 fully saturated rings. The van der Waals surface area contributed by atoms with E-state index in [9.17, 15) is 9.59 Å². The van der Waals surface area contributed by atoms with E-state index in [4.69, 9.17) is 5.73 Å². The molecule has 3 N–H and O–H groups in total. The third-order valence-corrected chi connectivity index (χ3v) is 5.82. The molecule has 0 aliphatic carbocycles. The van der Waals surface area contributed by atoms with Crippen LogP contribution in [0, 0.1) is 5.92 Å². The number of benzene rings is 2. The van der Waals surface area contributed by atoms with E-state index < -0.39 is 0 Å². The molecule has 0 atom stereocenters. The van der Waals surface area contributed by atoms with Crippen molar-refractivity contribution in [2.45, 2.75) is 19.4 Å². The number of nitrogens with one attached hydrogen (secondary N) is 1. The van der Waals surface area contributed by atoms with Crippen molar-refractivity contribution in [2.24, 2.45) is 11.7 Å². The third-order valence-electron chi connectivity index (χ3n) is 5.82. The number of amides is 2. The van der Waals surface area contributed by atoms with Crippen molar-refractivity contribution < 1.29 is 9.59 Å². The molecule has 6 nitrogen and oxygen atoms in total. The molecule has 0 unspecified atom stereocenters. The van der Waals surface area contributed by atoms with Crippen molar-refractivity contribution in [1.82, 2.24) is 15.1 Å². The Kier molecular flexibility index (Phi) is 7.60. The van der Waals surface area contributed by atoms with Gasteiger partial charge in [-0.3, -0.25) is 9.59 Å². The topological polar surface area (TPSA) is 78.7 Å². The van der Waals surface area contributed by atoms with Crippen LogP contribution < -0.4 is 11.1 Å². The molecule has 0 bridgehead atoms. The summed E-state index contributed by atoms with van der Waals surface area (Å²) in [5.41, 5.74) is 9.24. The van der Waals surface area contributed by atoms with Crippen LogP contribution in [0.25, 0.3) is 11.1 Å².